The van der Waals surface area contributed by atoms with Crippen LogP contribution in [0, 0.1) is 0 Å². The zero-order valence-electron chi connectivity index (χ0n) is 16.6. The lowest BCUT2D eigenvalue weighted by molar-refractivity contribution is 0.224. The van der Waals surface area contributed by atoms with Crippen LogP contribution < -0.4 is 0 Å². The number of hydrogen-bond acceptors (Lipinski definition) is 5. The molecule has 5 nitrogen and oxygen atoms in total. The number of halogens is 2. The molecule has 0 spiro atoms. The summed E-state index contributed by atoms with van der Waals surface area (Å²) in [5.41, 5.74) is 4.25. The number of nitrogens with zero attached hydrogens (tertiary/aromatic N) is 4. The van der Waals surface area contributed by atoms with E-state index in [4.69, 9.17) is 32.6 Å². The standard InChI is InChI=1S/C23H22Cl2N4O/c24-16-4-6-18(19(25)11-16)22-7-5-17(30-22)14-29-10-8-20-15(13-29)12-27-23(28-20)21-3-1-2-9-26-21/h4-7,11-12H,1-3,8-10,13-14H2. The molecule has 0 fully saturated rings. The van der Waals surface area contributed by atoms with Crippen molar-refractivity contribution < 1.29 is 4.42 Å². The highest BCUT2D eigenvalue weighted by Crippen LogP contribution is 2.32. The number of aromatic nitrogens is 2. The Morgan fingerprint density at radius 1 is 1.07 bits per heavy atom. The number of hydrogen-bond donors (Lipinski definition) is 0. The summed E-state index contributed by atoms with van der Waals surface area (Å²) in [6, 6.07) is 9.41. The van der Waals surface area contributed by atoms with Gasteiger partial charge in [-0.25, -0.2) is 9.97 Å². The Morgan fingerprint density at radius 3 is 2.83 bits per heavy atom. The number of furan rings is 1. The van der Waals surface area contributed by atoms with Crippen LogP contribution in [-0.2, 0) is 19.5 Å². The van der Waals surface area contributed by atoms with Gasteiger partial charge in [-0.15, -0.1) is 0 Å². The predicted molar refractivity (Wildman–Crippen MR) is 119 cm³/mol. The van der Waals surface area contributed by atoms with Crippen LogP contribution in [0.4, 0.5) is 0 Å². The quantitative estimate of drug-likeness (QED) is 0.531. The summed E-state index contributed by atoms with van der Waals surface area (Å²) in [5.74, 6) is 2.48. The van der Waals surface area contributed by atoms with Gasteiger partial charge in [0.05, 0.1) is 23.0 Å². The number of fused-ring (bicyclic) bond motifs is 1. The van der Waals surface area contributed by atoms with Gasteiger partial charge in [0.25, 0.3) is 0 Å². The molecule has 4 heterocycles. The van der Waals surface area contributed by atoms with Gasteiger partial charge in [0.2, 0.25) is 0 Å². The molecule has 0 N–H and O–H groups in total. The molecule has 0 saturated carbocycles. The Hall–Kier alpha value is -2.21. The SMILES string of the molecule is Clc1ccc(-c2ccc(CN3CCc4nc(C5=NCCCC5)ncc4C3)o2)c(Cl)c1. The fourth-order valence-corrected chi connectivity index (χ4v) is 4.55. The van der Waals surface area contributed by atoms with Crippen molar-refractivity contribution >= 4 is 28.9 Å². The second kappa shape index (κ2) is 8.50. The molecule has 3 aromatic rings. The van der Waals surface area contributed by atoms with Crippen molar-refractivity contribution in [2.45, 2.75) is 38.8 Å². The van der Waals surface area contributed by atoms with Crippen LogP contribution in [0.1, 0.15) is 42.1 Å². The van der Waals surface area contributed by atoms with Gasteiger partial charge in [0.1, 0.15) is 11.5 Å². The average Bonchev–Trinajstić information content (AvgIpc) is 3.22. The summed E-state index contributed by atoms with van der Waals surface area (Å²) in [4.78, 5) is 16.4. The van der Waals surface area contributed by atoms with E-state index in [-0.39, 0.29) is 0 Å². The fraction of sp³-hybridized carbons (Fsp3) is 0.348. The number of rotatable bonds is 4. The molecule has 0 bridgehead atoms. The smallest absolute Gasteiger partial charge is 0.173 e. The number of benzene rings is 1. The average molecular weight is 441 g/mol. The van der Waals surface area contributed by atoms with Gasteiger partial charge in [0.15, 0.2) is 5.82 Å². The molecule has 0 atom stereocenters. The third-order valence-corrected chi connectivity index (χ3v) is 6.18. The zero-order valence-corrected chi connectivity index (χ0v) is 18.1. The third-order valence-electron chi connectivity index (χ3n) is 5.63. The second-order valence-corrected chi connectivity index (χ2v) is 8.65. The Morgan fingerprint density at radius 2 is 2.00 bits per heavy atom. The van der Waals surface area contributed by atoms with Crippen molar-refractivity contribution in [2.75, 3.05) is 13.1 Å². The van der Waals surface area contributed by atoms with Crippen LogP contribution in [0.25, 0.3) is 11.3 Å². The highest BCUT2D eigenvalue weighted by atomic mass is 35.5. The lowest BCUT2D eigenvalue weighted by atomic mass is 10.1. The van der Waals surface area contributed by atoms with Crippen molar-refractivity contribution in [2.24, 2.45) is 4.99 Å². The van der Waals surface area contributed by atoms with E-state index in [9.17, 15) is 0 Å². The van der Waals surface area contributed by atoms with Gasteiger partial charge in [-0.2, -0.15) is 0 Å². The molecule has 0 unspecified atom stereocenters. The minimum absolute atomic E-state index is 0.589. The molecule has 0 saturated heterocycles. The first kappa shape index (κ1) is 19.7. The highest BCUT2D eigenvalue weighted by Gasteiger charge is 2.21. The first-order valence-corrected chi connectivity index (χ1v) is 11.1. The van der Waals surface area contributed by atoms with Crippen LogP contribution in [0.3, 0.4) is 0 Å². The summed E-state index contributed by atoms with van der Waals surface area (Å²) in [7, 11) is 0. The van der Waals surface area contributed by atoms with Crippen molar-refractivity contribution in [1.82, 2.24) is 14.9 Å². The van der Waals surface area contributed by atoms with E-state index >= 15 is 0 Å². The van der Waals surface area contributed by atoms with Crippen molar-refractivity contribution in [3.8, 4) is 11.3 Å². The Kier molecular flexibility index (Phi) is 5.59. The van der Waals surface area contributed by atoms with E-state index in [2.05, 4.69) is 14.9 Å². The Balaban J connectivity index is 1.28. The molecule has 5 rings (SSSR count). The maximum absolute atomic E-state index is 6.31. The van der Waals surface area contributed by atoms with Crippen LogP contribution in [0.5, 0.6) is 0 Å². The highest BCUT2D eigenvalue weighted by molar-refractivity contribution is 6.36. The van der Waals surface area contributed by atoms with Crippen LogP contribution >= 0.6 is 23.2 Å². The lowest BCUT2D eigenvalue weighted by Gasteiger charge is -2.27. The summed E-state index contributed by atoms with van der Waals surface area (Å²) >= 11 is 12.3. The van der Waals surface area contributed by atoms with Crippen molar-refractivity contribution in [3.05, 3.63) is 69.4 Å². The molecular formula is C23H22Cl2N4O. The maximum atomic E-state index is 6.31. The van der Waals surface area contributed by atoms with Gasteiger partial charge < -0.3 is 4.42 Å². The summed E-state index contributed by atoms with van der Waals surface area (Å²) in [6.45, 7) is 3.39. The molecule has 154 valence electrons. The lowest BCUT2D eigenvalue weighted by Crippen LogP contribution is -2.31. The van der Waals surface area contributed by atoms with E-state index in [0.29, 0.717) is 10.0 Å². The van der Waals surface area contributed by atoms with Gasteiger partial charge in [-0.3, -0.25) is 9.89 Å². The molecule has 2 aromatic heterocycles. The monoisotopic (exact) mass is 440 g/mol. The molecule has 2 aliphatic heterocycles. The minimum Gasteiger partial charge on any atom is -0.460 e. The van der Waals surface area contributed by atoms with E-state index < -0.39 is 0 Å². The van der Waals surface area contributed by atoms with Crippen LogP contribution in [0.2, 0.25) is 10.0 Å². The first-order chi connectivity index (χ1) is 14.7. The minimum atomic E-state index is 0.589. The molecule has 7 heteroatoms. The van der Waals surface area contributed by atoms with Gasteiger partial charge in [-0.1, -0.05) is 23.2 Å². The first-order valence-electron chi connectivity index (χ1n) is 10.3. The molecular weight excluding hydrogens is 419 g/mol. The second-order valence-electron chi connectivity index (χ2n) is 7.80. The predicted octanol–water partition coefficient (Wildman–Crippen LogP) is 5.57. The maximum Gasteiger partial charge on any atom is 0.173 e. The topological polar surface area (TPSA) is 54.5 Å². The van der Waals surface area contributed by atoms with E-state index in [1.165, 1.54) is 18.4 Å². The summed E-state index contributed by atoms with van der Waals surface area (Å²) in [5, 5.41) is 1.20. The molecule has 1 aromatic carbocycles. The van der Waals surface area contributed by atoms with E-state index in [0.717, 1.165) is 73.3 Å². The van der Waals surface area contributed by atoms with Crippen LogP contribution in [0.15, 0.2) is 45.9 Å². The Labute approximate surface area is 185 Å². The molecule has 0 aliphatic carbocycles. The van der Waals surface area contributed by atoms with Gasteiger partial charge in [0, 0.05) is 48.4 Å². The van der Waals surface area contributed by atoms with E-state index in [1.807, 2.05) is 30.5 Å². The fourth-order valence-electron chi connectivity index (χ4n) is 4.05. The summed E-state index contributed by atoms with van der Waals surface area (Å²) in [6.07, 6.45) is 6.22. The van der Waals surface area contributed by atoms with Crippen molar-refractivity contribution in [3.63, 3.8) is 0 Å². The van der Waals surface area contributed by atoms with E-state index in [1.54, 1.807) is 6.07 Å². The van der Waals surface area contributed by atoms with Gasteiger partial charge in [-0.05, 0) is 49.6 Å². The van der Waals surface area contributed by atoms with Crippen LogP contribution in [-0.4, -0.2) is 33.7 Å². The third kappa shape index (κ3) is 4.15. The molecule has 0 radical (unpaired) electrons. The largest absolute Gasteiger partial charge is 0.460 e. The number of aliphatic imine (C=N–C) groups is 1. The Bertz CT molecular complexity index is 1110. The molecule has 2 aliphatic rings. The zero-order chi connectivity index (χ0) is 20.5. The van der Waals surface area contributed by atoms with Gasteiger partial charge >= 0.3 is 0 Å². The molecule has 0 amide bonds. The van der Waals surface area contributed by atoms with Crippen molar-refractivity contribution in [1.29, 1.82) is 0 Å². The summed E-state index contributed by atoms with van der Waals surface area (Å²) < 4.78 is 6.06. The molecule has 30 heavy (non-hydrogen) atoms. The normalized spacial score (nSPS) is 16.9.